The fourth-order valence-corrected chi connectivity index (χ4v) is 1.82. The van der Waals surface area contributed by atoms with Crippen molar-refractivity contribution in [3.8, 4) is 5.75 Å². The van der Waals surface area contributed by atoms with Gasteiger partial charge in [0.1, 0.15) is 5.75 Å². The molecule has 0 spiro atoms. The maximum Gasteiger partial charge on any atom is 0.124 e. The molecule has 0 amide bonds. The van der Waals surface area contributed by atoms with Crippen LogP contribution in [0.15, 0.2) is 18.2 Å². The van der Waals surface area contributed by atoms with E-state index in [2.05, 4.69) is 12.2 Å². The van der Waals surface area contributed by atoms with Crippen LogP contribution in [0.25, 0.3) is 0 Å². The van der Waals surface area contributed by atoms with Gasteiger partial charge in [-0.05, 0) is 31.7 Å². The van der Waals surface area contributed by atoms with Gasteiger partial charge in [0, 0.05) is 23.0 Å². The molecule has 0 heterocycles. The molecule has 1 N–H and O–H groups in total. The quantitative estimate of drug-likeness (QED) is 0.753. The third kappa shape index (κ3) is 4.52. The highest BCUT2D eigenvalue weighted by Gasteiger charge is 2.11. The Bertz CT molecular complexity index is 346. The molecule has 1 aromatic rings. The summed E-state index contributed by atoms with van der Waals surface area (Å²) >= 11 is 5.98. The lowest BCUT2D eigenvalue weighted by Gasteiger charge is -2.17. The second-order valence-electron chi connectivity index (χ2n) is 3.85. The summed E-state index contributed by atoms with van der Waals surface area (Å²) in [7, 11) is 0. The highest BCUT2D eigenvalue weighted by molar-refractivity contribution is 6.30. The van der Waals surface area contributed by atoms with Crippen LogP contribution in [0.1, 0.15) is 31.9 Å². The molecule has 4 heteroatoms. The monoisotopic (exact) mass is 259 g/mol. The van der Waals surface area contributed by atoms with Crippen molar-refractivity contribution in [3.63, 3.8) is 0 Å². The van der Waals surface area contributed by atoms with Crippen molar-refractivity contribution in [3.05, 3.63) is 28.8 Å². The van der Waals surface area contributed by atoms with Gasteiger partial charge in [-0.2, -0.15) is 0 Å². The first kappa shape index (κ1) is 14.3. The number of nitrogens with one attached hydrogen (secondary N) is 1. The third-order valence-electron chi connectivity index (χ3n) is 2.48. The maximum absolute atomic E-state index is 12.0. The fourth-order valence-electron chi connectivity index (χ4n) is 1.64. The van der Waals surface area contributed by atoms with E-state index >= 15 is 0 Å². The topological polar surface area (TPSA) is 21.3 Å². The van der Waals surface area contributed by atoms with Crippen molar-refractivity contribution in [2.75, 3.05) is 19.8 Å². The Hall–Kier alpha value is -0.800. The molecule has 1 rings (SSSR count). The normalized spacial score (nSPS) is 12.5. The maximum atomic E-state index is 12.0. The molecule has 0 saturated carbocycles. The zero-order valence-electron chi connectivity index (χ0n) is 10.3. The second-order valence-corrected chi connectivity index (χ2v) is 4.29. The number of hydrogen-bond donors (Lipinski definition) is 1. The minimum atomic E-state index is -0.355. The van der Waals surface area contributed by atoms with Gasteiger partial charge in [-0.3, -0.25) is 4.39 Å². The van der Waals surface area contributed by atoms with Crippen LogP contribution < -0.4 is 10.1 Å². The van der Waals surface area contributed by atoms with Gasteiger partial charge in [-0.1, -0.05) is 18.5 Å². The minimum absolute atomic E-state index is 0.166. The molecule has 0 saturated heterocycles. The summed E-state index contributed by atoms with van der Waals surface area (Å²) < 4.78 is 17.6. The molecular weight excluding hydrogens is 241 g/mol. The Morgan fingerprint density at radius 1 is 1.47 bits per heavy atom. The van der Waals surface area contributed by atoms with E-state index in [0.717, 1.165) is 17.9 Å². The van der Waals surface area contributed by atoms with Gasteiger partial charge >= 0.3 is 0 Å². The number of ether oxygens (including phenoxy) is 1. The zero-order valence-corrected chi connectivity index (χ0v) is 11.1. The molecular formula is C13H19ClFNO. The average molecular weight is 260 g/mol. The van der Waals surface area contributed by atoms with Gasteiger partial charge in [0.15, 0.2) is 0 Å². The Labute approximate surface area is 107 Å². The van der Waals surface area contributed by atoms with Crippen LogP contribution in [0.5, 0.6) is 5.75 Å². The lowest BCUT2D eigenvalue weighted by Crippen LogP contribution is -2.18. The predicted octanol–water partition coefficient (Wildman–Crippen LogP) is 3.75. The van der Waals surface area contributed by atoms with Crippen LogP contribution in [-0.2, 0) is 0 Å². The van der Waals surface area contributed by atoms with Crippen LogP contribution in [0.4, 0.5) is 4.39 Å². The summed E-state index contributed by atoms with van der Waals surface area (Å²) in [6.45, 7) is 5.01. The van der Waals surface area contributed by atoms with Gasteiger partial charge in [0.25, 0.3) is 0 Å². The second kappa shape index (κ2) is 7.51. The van der Waals surface area contributed by atoms with Gasteiger partial charge in [0.2, 0.25) is 0 Å². The first-order valence-electron chi connectivity index (χ1n) is 5.90. The number of alkyl halides is 1. The molecule has 0 aliphatic carbocycles. The highest BCUT2D eigenvalue weighted by atomic mass is 35.5. The molecule has 0 fully saturated rings. The van der Waals surface area contributed by atoms with E-state index in [1.54, 1.807) is 6.07 Å². The Balaban J connectivity index is 2.79. The average Bonchev–Trinajstić information content (AvgIpc) is 2.31. The van der Waals surface area contributed by atoms with E-state index in [1.165, 1.54) is 0 Å². The van der Waals surface area contributed by atoms with Gasteiger partial charge in [-0.25, -0.2) is 0 Å². The van der Waals surface area contributed by atoms with E-state index in [1.807, 2.05) is 19.1 Å². The Kier molecular flexibility index (Phi) is 6.30. The molecule has 0 bridgehead atoms. The number of benzene rings is 1. The Morgan fingerprint density at radius 2 is 2.24 bits per heavy atom. The van der Waals surface area contributed by atoms with E-state index in [9.17, 15) is 4.39 Å². The van der Waals surface area contributed by atoms with Crippen LogP contribution >= 0.6 is 11.6 Å². The minimum Gasteiger partial charge on any atom is -0.493 e. The van der Waals surface area contributed by atoms with Crippen LogP contribution in [-0.4, -0.2) is 19.8 Å². The smallest absolute Gasteiger partial charge is 0.124 e. The SMILES string of the molecule is CCNC(C)c1cc(Cl)ccc1OCCCF. The Morgan fingerprint density at radius 3 is 2.88 bits per heavy atom. The molecule has 96 valence electrons. The number of rotatable bonds is 7. The van der Waals surface area contributed by atoms with Crippen LogP contribution in [0, 0.1) is 0 Å². The van der Waals surface area contributed by atoms with E-state index in [-0.39, 0.29) is 12.7 Å². The molecule has 0 radical (unpaired) electrons. The first-order chi connectivity index (χ1) is 8.19. The van der Waals surface area contributed by atoms with Crippen LogP contribution in [0.3, 0.4) is 0 Å². The van der Waals surface area contributed by atoms with Crippen molar-refractivity contribution in [2.24, 2.45) is 0 Å². The predicted molar refractivity (Wildman–Crippen MR) is 69.6 cm³/mol. The lowest BCUT2D eigenvalue weighted by molar-refractivity contribution is 0.285. The summed E-state index contributed by atoms with van der Waals surface area (Å²) in [6, 6.07) is 5.68. The molecule has 1 atom stereocenters. The van der Waals surface area contributed by atoms with E-state index in [4.69, 9.17) is 16.3 Å². The molecule has 2 nitrogen and oxygen atoms in total. The number of hydrogen-bond acceptors (Lipinski definition) is 2. The van der Waals surface area contributed by atoms with Gasteiger partial charge in [0.05, 0.1) is 13.3 Å². The van der Waals surface area contributed by atoms with Crippen molar-refractivity contribution in [2.45, 2.75) is 26.3 Å². The summed E-state index contributed by atoms with van der Waals surface area (Å²) in [6.07, 6.45) is 0.414. The molecule has 17 heavy (non-hydrogen) atoms. The molecule has 0 aromatic heterocycles. The van der Waals surface area contributed by atoms with Crippen LogP contribution in [0.2, 0.25) is 5.02 Å². The highest BCUT2D eigenvalue weighted by Crippen LogP contribution is 2.28. The molecule has 1 aromatic carbocycles. The van der Waals surface area contributed by atoms with Crippen molar-refractivity contribution < 1.29 is 9.13 Å². The molecule has 1 unspecified atom stereocenters. The summed E-state index contributed by atoms with van der Waals surface area (Å²) in [5.74, 6) is 0.774. The zero-order chi connectivity index (χ0) is 12.7. The fraction of sp³-hybridized carbons (Fsp3) is 0.538. The summed E-state index contributed by atoms with van der Waals surface area (Å²) in [5, 5.41) is 3.99. The largest absolute Gasteiger partial charge is 0.493 e. The summed E-state index contributed by atoms with van der Waals surface area (Å²) in [5.41, 5.74) is 1.01. The third-order valence-corrected chi connectivity index (χ3v) is 2.72. The molecule has 0 aliphatic rings. The lowest BCUT2D eigenvalue weighted by atomic mass is 10.1. The van der Waals surface area contributed by atoms with E-state index in [0.29, 0.717) is 18.1 Å². The van der Waals surface area contributed by atoms with Gasteiger partial charge < -0.3 is 10.1 Å². The summed E-state index contributed by atoms with van der Waals surface area (Å²) in [4.78, 5) is 0. The van der Waals surface area contributed by atoms with Crippen molar-refractivity contribution in [1.29, 1.82) is 0 Å². The standard InChI is InChI=1S/C13H19ClFNO/c1-3-16-10(2)12-9-11(14)5-6-13(12)17-8-4-7-15/h5-6,9-10,16H,3-4,7-8H2,1-2H3. The number of halogens is 2. The van der Waals surface area contributed by atoms with Gasteiger partial charge in [-0.15, -0.1) is 0 Å². The first-order valence-corrected chi connectivity index (χ1v) is 6.28. The van der Waals surface area contributed by atoms with Crippen molar-refractivity contribution >= 4 is 11.6 Å². The van der Waals surface area contributed by atoms with E-state index < -0.39 is 0 Å². The van der Waals surface area contributed by atoms with Crippen molar-refractivity contribution in [1.82, 2.24) is 5.32 Å². The molecule has 0 aliphatic heterocycles.